The van der Waals surface area contributed by atoms with Gasteiger partial charge in [-0.15, -0.1) is 11.3 Å². The number of nitrogens with one attached hydrogen (secondary N) is 1. The van der Waals surface area contributed by atoms with E-state index < -0.39 is 0 Å². The Morgan fingerprint density at radius 2 is 2.03 bits per heavy atom. The largest absolute Gasteiger partial charge is 0.355 e. The second kappa shape index (κ2) is 9.10. The molecule has 1 saturated carbocycles. The van der Waals surface area contributed by atoms with Crippen LogP contribution in [-0.4, -0.2) is 56.6 Å². The van der Waals surface area contributed by atoms with Crippen molar-refractivity contribution in [2.75, 3.05) is 25.4 Å². The number of likely N-dealkylation sites (tertiary alicyclic amines) is 1. The Morgan fingerprint density at radius 3 is 2.76 bits per heavy atom. The van der Waals surface area contributed by atoms with Crippen LogP contribution in [0.15, 0.2) is 34.0 Å². The number of thioether (sulfide) groups is 1. The van der Waals surface area contributed by atoms with E-state index in [0.717, 1.165) is 65.7 Å². The maximum absolute atomic E-state index is 12.8. The number of para-hydroxylation sites is 2. The van der Waals surface area contributed by atoms with Gasteiger partial charge >= 0.3 is 0 Å². The summed E-state index contributed by atoms with van der Waals surface area (Å²) < 4.78 is 3.05. The number of fused-ring (bicyclic) bond motifs is 1. The fraction of sp³-hybridized carbons (Fsp3) is 0.500. The van der Waals surface area contributed by atoms with Gasteiger partial charge in [0.1, 0.15) is 5.82 Å². The molecule has 5 rings (SSSR count). The van der Waals surface area contributed by atoms with E-state index >= 15 is 0 Å². The van der Waals surface area contributed by atoms with Crippen molar-refractivity contribution in [3.05, 3.63) is 41.2 Å². The topological polar surface area (TPSA) is 80.1 Å². The third-order valence-electron chi connectivity index (χ3n) is 7.06. The summed E-state index contributed by atoms with van der Waals surface area (Å²) in [7, 11) is 2.02. The second-order valence-electron chi connectivity index (χ2n) is 9.16. The summed E-state index contributed by atoms with van der Waals surface area (Å²) in [6, 6.07) is 8.09. The number of amides is 2. The van der Waals surface area contributed by atoms with Crippen molar-refractivity contribution in [1.29, 1.82) is 0 Å². The Morgan fingerprint density at radius 1 is 1.24 bits per heavy atom. The molecule has 1 aliphatic carbocycles. The Bertz CT molecular complexity index is 1180. The first-order chi connectivity index (χ1) is 15.9. The summed E-state index contributed by atoms with van der Waals surface area (Å²) in [5, 5.41) is 5.14. The molecule has 1 spiro atoms. The van der Waals surface area contributed by atoms with Crippen molar-refractivity contribution >= 4 is 45.9 Å². The van der Waals surface area contributed by atoms with Crippen LogP contribution in [-0.2, 0) is 23.1 Å². The van der Waals surface area contributed by atoms with Gasteiger partial charge in [-0.1, -0.05) is 23.9 Å². The van der Waals surface area contributed by atoms with E-state index in [1.165, 1.54) is 11.8 Å². The molecule has 3 heterocycles. The van der Waals surface area contributed by atoms with Gasteiger partial charge in [0.2, 0.25) is 11.8 Å². The molecule has 0 bridgehead atoms. The van der Waals surface area contributed by atoms with Gasteiger partial charge in [0, 0.05) is 50.1 Å². The number of nitrogens with zero attached hydrogens (tertiary/aromatic N) is 4. The number of benzene rings is 1. The lowest BCUT2D eigenvalue weighted by Gasteiger charge is -2.32. The highest BCUT2D eigenvalue weighted by Gasteiger charge is 2.58. The molecule has 33 heavy (non-hydrogen) atoms. The van der Waals surface area contributed by atoms with Crippen molar-refractivity contribution in [3.8, 4) is 0 Å². The van der Waals surface area contributed by atoms with Crippen LogP contribution in [0, 0.1) is 18.3 Å². The molecule has 2 amide bonds. The average molecular weight is 484 g/mol. The van der Waals surface area contributed by atoms with Gasteiger partial charge < -0.3 is 14.8 Å². The summed E-state index contributed by atoms with van der Waals surface area (Å²) in [4.78, 5) is 36.4. The van der Waals surface area contributed by atoms with Gasteiger partial charge in [-0.05, 0) is 43.7 Å². The first-order valence-corrected chi connectivity index (χ1v) is 13.3. The molecule has 1 N–H and O–H groups in total. The number of thiazole rings is 1. The molecule has 1 saturated heterocycles. The molecule has 2 aliphatic rings. The Labute approximate surface area is 202 Å². The molecular weight excluding hydrogens is 454 g/mol. The molecule has 1 atom stereocenters. The predicted octanol–water partition coefficient (Wildman–Crippen LogP) is 3.42. The number of hydrogen-bond acceptors (Lipinski definition) is 6. The fourth-order valence-corrected chi connectivity index (χ4v) is 6.68. The minimum absolute atomic E-state index is 0.0860. The van der Waals surface area contributed by atoms with E-state index in [4.69, 9.17) is 0 Å². The zero-order valence-electron chi connectivity index (χ0n) is 19.0. The maximum Gasteiger partial charge on any atom is 0.233 e. The van der Waals surface area contributed by atoms with Gasteiger partial charge in [0.25, 0.3) is 0 Å². The minimum atomic E-state index is 0.0860. The number of aryl methyl sites for hydroxylation is 2. The van der Waals surface area contributed by atoms with Crippen LogP contribution in [0.25, 0.3) is 11.0 Å². The summed E-state index contributed by atoms with van der Waals surface area (Å²) in [5.74, 6) is 1.84. The number of piperidine rings is 1. The van der Waals surface area contributed by atoms with Crippen LogP contribution >= 0.6 is 23.1 Å². The lowest BCUT2D eigenvalue weighted by atomic mass is 9.90. The Hall–Kier alpha value is -2.39. The number of imidazole rings is 1. The van der Waals surface area contributed by atoms with E-state index in [9.17, 15) is 9.59 Å². The first kappa shape index (κ1) is 22.4. The van der Waals surface area contributed by atoms with Gasteiger partial charge in [-0.25, -0.2) is 9.97 Å². The normalized spacial score (nSPS) is 19.2. The van der Waals surface area contributed by atoms with Crippen molar-refractivity contribution in [3.63, 3.8) is 0 Å². The molecule has 7 nitrogen and oxygen atoms in total. The van der Waals surface area contributed by atoms with E-state index in [-0.39, 0.29) is 23.1 Å². The smallest absolute Gasteiger partial charge is 0.233 e. The highest BCUT2D eigenvalue weighted by molar-refractivity contribution is 8.01. The van der Waals surface area contributed by atoms with Crippen LogP contribution < -0.4 is 5.32 Å². The summed E-state index contributed by atoms with van der Waals surface area (Å²) in [6.45, 7) is 4.07. The van der Waals surface area contributed by atoms with E-state index in [2.05, 4.69) is 25.9 Å². The van der Waals surface area contributed by atoms with Crippen molar-refractivity contribution in [2.45, 2.75) is 36.9 Å². The molecule has 3 aromatic rings. The highest BCUT2D eigenvalue weighted by atomic mass is 32.2. The molecule has 1 aromatic carbocycles. The highest BCUT2D eigenvalue weighted by Crippen LogP contribution is 2.59. The number of carbonyl (C=O) groups is 2. The lowest BCUT2D eigenvalue weighted by molar-refractivity contribution is -0.130. The monoisotopic (exact) mass is 483 g/mol. The Kier molecular flexibility index (Phi) is 6.18. The van der Waals surface area contributed by atoms with E-state index in [1.54, 1.807) is 11.3 Å². The van der Waals surface area contributed by atoms with Crippen LogP contribution in [0.4, 0.5) is 0 Å². The summed E-state index contributed by atoms with van der Waals surface area (Å²) in [5.41, 5.74) is 3.20. The van der Waals surface area contributed by atoms with Gasteiger partial charge in [-0.3, -0.25) is 9.59 Å². The molecule has 2 fully saturated rings. The summed E-state index contributed by atoms with van der Waals surface area (Å²) in [6.07, 6.45) is 3.50. The van der Waals surface area contributed by atoms with Gasteiger partial charge in [0.15, 0.2) is 4.34 Å². The maximum atomic E-state index is 12.8. The lowest BCUT2D eigenvalue weighted by Crippen LogP contribution is -2.41. The molecular formula is C24H29N5O2S2. The fourth-order valence-electron chi connectivity index (χ4n) is 4.93. The van der Waals surface area contributed by atoms with Crippen LogP contribution in [0.3, 0.4) is 0 Å². The zero-order chi connectivity index (χ0) is 23.0. The quantitative estimate of drug-likeness (QED) is 0.521. The van der Waals surface area contributed by atoms with Gasteiger partial charge in [0.05, 0.1) is 16.8 Å². The number of rotatable bonds is 7. The third-order valence-corrected chi connectivity index (χ3v) is 9.19. The molecule has 174 valence electrons. The molecule has 2 aromatic heterocycles. The van der Waals surface area contributed by atoms with E-state index in [1.807, 2.05) is 42.5 Å². The number of carbonyl (C=O) groups excluding carboxylic acids is 2. The SMILES string of the molecule is Cc1csc(SCC(=O)N2CCC3(CC2)CC3C(=O)NCCc2nc3ccccc3n2C)n1. The van der Waals surface area contributed by atoms with Crippen molar-refractivity contribution in [1.82, 2.24) is 24.8 Å². The Balaban J connectivity index is 1.06. The van der Waals surface area contributed by atoms with Crippen LogP contribution in [0.1, 0.15) is 30.8 Å². The second-order valence-corrected chi connectivity index (χ2v) is 11.2. The zero-order valence-corrected chi connectivity index (χ0v) is 20.7. The molecule has 1 aliphatic heterocycles. The molecule has 9 heteroatoms. The van der Waals surface area contributed by atoms with Crippen molar-refractivity contribution in [2.24, 2.45) is 18.4 Å². The standard InChI is InChI=1S/C24H29N5O2S2/c1-16-14-32-23(26-16)33-15-21(30)29-11-8-24(9-12-29)13-17(24)22(31)25-10-7-20-27-18-5-3-4-6-19(18)28(20)2/h3-6,14,17H,7-13,15H2,1-2H3,(H,25,31). The summed E-state index contributed by atoms with van der Waals surface area (Å²) >= 11 is 3.11. The average Bonchev–Trinajstić information content (AvgIpc) is 3.18. The minimum Gasteiger partial charge on any atom is -0.355 e. The number of hydrogen-bond donors (Lipinski definition) is 1. The van der Waals surface area contributed by atoms with Crippen LogP contribution in [0.2, 0.25) is 0 Å². The molecule has 0 radical (unpaired) electrons. The van der Waals surface area contributed by atoms with Gasteiger partial charge in [-0.2, -0.15) is 0 Å². The van der Waals surface area contributed by atoms with E-state index in [0.29, 0.717) is 12.3 Å². The first-order valence-electron chi connectivity index (χ1n) is 11.5. The van der Waals surface area contributed by atoms with Crippen LogP contribution in [0.5, 0.6) is 0 Å². The molecule has 1 unspecified atom stereocenters. The van der Waals surface area contributed by atoms with Crippen molar-refractivity contribution < 1.29 is 9.59 Å². The third kappa shape index (κ3) is 4.66. The number of aromatic nitrogens is 3. The predicted molar refractivity (Wildman–Crippen MR) is 131 cm³/mol.